The summed E-state index contributed by atoms with van der Waals surface area (Å²) in [5, 5.41) is 3.42. The van der Waals surface area contributed by atoms with E-state index in [1.54, 1.807) is 0 Å². The third-order valence-corrected chi connectivity index (χ3v) is 4.69. The normalized spacial score (nSPS) is 17.1. The van der Waals surface area contributed by atoms with Gasteiger partial charge in [-0.05, 0) is 68.5 Å². The molecule has 3 heteroatoms. The Bertz CT molecular complexity index is 441. The Balaban J connectivity index is 2.11. The highest BCUT2D eigenvalue weighted by Gasteiger charge is 2.39. The van der Waals surface area contributed by atoms with Crippen molar-refractivity contribution in [3.05, 3.63) is 28.2 Å². The fourth-order valence-corrected chi connectivity index (χ4v) is 3.14. The lowest BCUT2D eigenvalue weighted by Gasteiger charge is -2.43. The van der Waals surface area contributed by atoms with E-state index in [0.29, 0.717) is 5.92 Å². The summed E-state index contributed by atoms with van der Waals surface area (Å²) >= 11 is 3.56. The van der Waals surface area contributed by atoms with Crippen LogP contribution < -0.4 is 10.1 Å². The van der Waals surface area contributed by atoms with Crippen LogP contribution in [0, 0.1) is 0 Å². The largest absolute Gasteiger partial charge is 0.487 e. The van der Waals surface area contributed by atoms with Crippen molar-refractivity contribution in [1.29, 1.82) is 0 Å². The molecule has 1 fully saturated rings. The van der Waals surface area contributed by atoms with Gasteiger partial charge in [-0.1, -0.05) is 36.7 Å². The average molecular weight is 340 g/mol. The Kier molecular flexibility index (Phi) is 5.50. The molecular weight excluding hydrogens is 314 g/mol. The summed E-state index contributed by atoms with van der Waals surface area (Å²) in [5.74, 6) is 1.55. The van der Waals surface area contributed by atoms with E-state index in [4.69, 9.17) is 4.74 Å². The van der Waals surface area contributed by atoms with Crippen LogP contribution in [0.3, 0.4) is 0 Å². The maximum Gasteiger partial charge on any atom is 0.123 e. The summed E-state index contributed by atoms with van der Waals surface area (Å²) in [6.07, 6.45) is 4.77. The van der Waals surface area contributed by atoms with Gasteiger partial charge in [0.15, 0.2) is 0 Å². The summed E-state index contributed by atoms with van der Waals surface area (Å²) in [4.78, 5) is 0. The van der Waals surface area contributed by atoms with Gasteiger partial charge in [0.2, 0.25) is 0 Å². The van der Waals surface area contributed by atoms with Crippen molar-refractivity contribution in [2.24, 2.45) is 0 Å². The smallest absolute Gasteiger partial charge is 0.123 e. The molecule has 0 aliphatic heterocycles. The molecule has 0 saturated heterocycles. The summed E-state index contributed by atoms with van der Waals surface area (Å²) in [6.45, 7) is 8.68. The summed E-state index contributed by atoms with van der Waals surface area (Å²) in [7, 11) is 0. The topological polar surface area (TPSA) is 21.3 Å². The third-order valence-electron chi connectivity index (χ3n) is 4.19. The van der Waals surface area contributed by atoms with Crippen molar-refractivity contribution in [1.82, 2.24) is 5.32 Å². The minimum atomic E-state index is 0.0691. The Labute approximate surface area is 131 Å². The van der Waals surface area contributed by atoms with Crippen molar-refractivity contribution in [3.8, 4) is 5.75 Å². The highest BCUT2D eigenvalue weighted by Crippen LogP contribution is 2.41. The average Bonchev–Trinajstić information content (AvgIpc) is 2.37. The summed E-state index contributed by atoms with van der Waals surface area (Å²) < 4.78 is 7.60. The second kappa shape index (κ2) is 6.95. The third kappa shape index (κ3) is 3.76. The molecule has 20 heavy (non-hydrogen) atoms. The first-order valence-corrected chi connectivity index (χ1v) is 8.55. The van der Waals surface area contributed by atoms with Gasteiger partial charge in [0.25, 0.3) is 0 Å². The van der Waals surface area contributed by atoms with Crippen molar-refractivity contribution in [2.45, 2.75) is 58.0 Å². The SMILES string of the molecule is CCNCCC1(Oc2ccc(Br)cc2C(C)C)CCC1. The number of rotatable bonds is 7. The second-order valence-electron chi connectivity index (χ2n) is 6.08. The molecule has 0 spiro atoms. The van der Waals surface area contributed by atoms with Gasteiger partial charge in [0.05, 0.1) is 0 Å². The Morgan fingerprint density at radius 1 is 1.35 bits per heavy atom. The molecule has 0 unspecified atom stereocenters. The first kappa shape index (κ1) is 15.8. The van der Waals surface area contributed by atoms with E-state index in [1.165, 1.54) is 24.8 Å². The molecular formula is C17H26BrNO. The van der Waals surface area contributed by atoms with E-state index in [-0.39, 0.29) is 5.60 Å². The van der Waals surface area contributed by atoms with Crippen molar-refractivity contribution in [3.63, 3.8) is 0 Å². The van der Waals surface area contributed by atoms with Crippen LogP contribution in [0.2, 0.25) is 0 Å². The molecule has 0 radical (unpaired) electrons. The number of hydrogen-bond acceptors (Lipinski definition) is 2. The van der Waals surface area contributed by atoms with E-state index in [2.05, 4.69) is 60.2 Å². The van der Waals surface area contributed by atoms with Crippen LogP contribution in [-0.2, 0) is 0 Å². The lowest BCUT2D eigenvalue weighted by molar-refractivity contribution is -0.0150. The maximum absolute atomic E-state index is 6.47. The second-order valence-corrected chi connectivity index (χ2v) is 6.99. The first-order valence-electron chi connectivity index (χ1n) is 7.75. The van der Waals surface area contributed by atoms with E-state index < -0.39 is 0 Å². The predicted molar refractivity (Wildman–Crippen MR) is 88.6 cm³/mol. The van der Waals surface area contributed by atoms with Gasteiger partial charge in [0.1, 0.15) is 11.4 Å². The molecule has 0 bridgehead atoms. The number of nitrogens with one attached hydrogen (secondary N) is 1. The minimum absolute atomic E-state index is 0.0691. The lowest BCUT2D eigenvalue weighted by Crippen LogP contribution is -2.45. The fraction of sp³-hybridized carbons (Fsp3) is 0.647. The van der Waals surface area contributed by atoms with Crippen molar-refractivity contribution in [2.75, 3.05) is 13.1 Å². The molecule has 1 saturated carbocycles. The van der Waals surface area contributed by atoms with E-state index >= 15 is 0 Å². The van der Waals surface area contributed by atoms with Gasteiger partial charge in [-0.15, -0.1) is 0 Å². The van der Waals surface area contributed by atoms with Crippen LogP contribution in [0.25, 0.3) is 0 Å². The lowest BCUT2D eigenvalue weighted by atomic mass is 9.77. The zero-order valence-electron chi connectivity index (χ0n) is 12.8. The molecule has 1 aromatic carbocycles. The molecule has 0 amide bonds. The summed E-state index contributed by atoms with van der Waals surface area (Å²) in [5.41, 5.74) is 1.37. The molecule has 1 aliphatic carbocycles. The van der Waals surface area contributed by atoms with Crippen molar-refractivity contribution >= 4 is 15.9 Å². The first-order chi connectivity index (χ1) is 9.56. The fourth-order valence-electron chi connectivity index (χ4n) is 2.76. The molecule has 1 aromatic rings. The Morgan fingerprint density at radius 3 is 2.65 bits per heavy atom. The maximum atomic E-state index is 6.47. The molecule has 1 aliphatic rings. The molecule has 112 valence electrons. The van der Waals surface area contributed by atoms with Crippen LogP contribution in [0.1, 0.15) is 57.9 Å². The number of hydrogen-bond donors (Lipinski definition) is 1. The predicted octanol–water partition coefficient (Wildman–Crippen LogP) is 4.87. The van der Waals surface area contributed by atoms with E-state index in [0.717, 1.165) is 29.7 Å². The van der Waals surface area contributed by atoms with Gasteiger partial charge in [-0.2, -0.15) is 0 Å². The molecule has 0 aromatic heterocycles. The highest BCUT2D eigenvalue weighted by molar-refractivity contribution is 9.10. The standard InChI is InChI=1S/C17H26BrNO/c1-4-19-11-10-17(8-5-9-17)20-16-7-6-14(18)12-15(16)13(2)3/h6-7,12-13,19H,4-5,8-11H2,1-3H3. The van der Waals surface area contributed by atoms with E-state index in [1.807, 2.05) is 0 Å². The number of benzene rings is 1. The van der Waals surface area contributed by atoms with Crippen LogP contribution >= 0.6 is 15.9 Å². The minimum Gasteiger partial charge on any atom is -0.487 e. The van der Waals surface area contributed by atoms with Gasteiger partial charge in [-0.25, -0.2) is 0 Å². The van der Waals surface area contributed by atoms with Crippen LogP contribution in [0.4, 0.5) is 0 Å². The molecule has 2 nitrogen and oxygen atoms in total. The van der Waals surface area contributed by atoms with Crippen molar-refractivity contribution < 1.29 is 4.74 Å². The molecule has 1 N–H and O–H groups in total. The Hall–Kier alpha value is -0.540. The van der Waals surface area contributed by atoms with Gasteiger partial charge in [0, 0.05) is 4.47 Å². The molecule has 0 atom stereocenters. The monoisotopic (exact) mass is 339 g/mol. The zero-order chi connectivity index (χ0) is 14.6. The van der Waals surface area contributed by atoms with Crippen LogP contribution in [-0.4, -0.2) is 18.7 Å². The van der Waals surface area contributed by atoms with Gasteiger partial charge >= 0.3 is 0 Å². The highest BCUT2D eigenvalue weighted by atomic mass is 79.9. The number of ether oxygens (including phenoxy) is 1. The quantitative estimate of drug-likeness (QED) is 0.715. The van der Waals surface area contributed by atoms with Crippen LogP contribution in [0.5, 0.6) is 5.75 Å². The van der Waals surface area contributed by atoms with E-state index in [9.17, 15) is 0 Å². The molecule has 2 rings (SSSR count). The zero-order valence-corrected chi connectivity index (χ0v) is 14.4. The summed E-state index contributed by atoms with van der Waals surface area (Å²) in [6, 6.07) is 6.39. The molecule has 0 heterocycles. The van der Waals surface area contributed by atoms with Gasteiger partial charge in [-0.3, -0.25) is 0 Å². The van der Waals surface area contributed by atoms with Crippen LogP contribution in [0.15, 0.2) is 22.7 Å². The van der Waals surface area contributed by atoms with Gasteiger partial charge < -0.3 is 10.1 Å². The number of halogens is 1. The Morgan fingerprint density at radius 2 is 2.10 bits per heavy atom.